The maximum Gasteiger partial charge on any atom is 0.416 e. The van der Waals surface area contributed by atoms with E-state index in [0.717, 1.165) is 23.5 Å². The van der Waals surface area contributed by atoms with Gasteiger partial charge >= 0.3 is 12.1 Å². The van der Waals surface area contributed by atoms with E-state index in [4.69, 9.17) is 9.47 Å². The summed E-state index contributed by atoms with van der Waals surface area (Å²) in [4.78, 5) is 28.2. The van der Waals surface area contributed by atoms with Crippen LogP contribution >= 0.6 is 11.3 Å². The number of rotatable bonds is 4. The van der Waals surface area contributed by atoms with Crippen LogP contribution in [-0.4, -0.2) is 27.8 Å². The predicted octanol–water partition coefficient (Wildman–Crippen LogP) is 5.30. The molecule has 1 aromatic heterocycles. The standard InChI is InChI=1S/C23H18F3N3O4S/c1-12-19(34-21(27-12)16-5-4-6-17(11-16)23(24,25)26)20-28-29(13(2)30)22(33-20)15-7-9-18(10-8-15)32-14(3)31/h4-11,22H,1-3H3. The van der Waals surface area contributed by atoms with Crippen LogP contribution in [0.4, 0.5) is 13.2 Å². The summed E-state index contributed by atoms with van der Waals surface area (Å²) in [5, 5.41) is 5.83. The molecule has 11 heteroatoms. The molecule has 0 aliphatic carbocycles. The molecule has 0 radical (unpaired) electrons. The van der Waals surface area contributed by atoms with E-state index >= 15 is 0 Å². The Morgan fingerprint density at radius 1 is 1.12 bits per heavy atom. The van der Waals surface area contributed by atoms with E-state index in [2.05, 4.69) is 10.1 Å². The van der Waals surface area contributed by atoms with Crippen LogP contribution < -0.4 is 4.74 Å². The fraction of sp³-hybridized carbons (Fsp3) is 0.217. The number of benzene rings is 2. The summed E-state index contributed by atoms with van der Waals surface area (Å²) in [5.41, 5.74) is 0.637. The molecular weight excluding hydrogens is 471 g/mol. The number of hydrogen-bond donors (Lipinski definition) is 0. The Morgan fingerprint density at radius 3 is 2.44 bits per heavy atom. The average Bonchev–Trinajstić information content (AvgIpc) is 3.37. The fourth-order valence-corrected chi connectivity index (χ4v) is 4.28. The molecule has 0 N–H and O–H groups in total. The van der Waals surface area contributed by atoms with E-state index < -0.39 is 23.9 Å². The Morgan fingerprint density at radius 2 is 1.82 bits per heavy atom. The summed E-state index contributed by atoms with van der Waals surface area (Å²) in [6.45, 7) is 4.31. The Bertz CT molecular complexity index is 1290. The summed E-state index contributed by atoms with van der Waals surface area (Å²) in [6, 6.07) is 11.3. The molecule has 2 heterocycles. The lowest BCUT2D eigenvalue weighted by atomic mass is 10.1. The highest BCUT2D eigenvalue weighted by molar-refractivity contribution is 7.17. The van der Waals surface area contributed by atoms with Crippen molar-refractivity contribution in [3.05, 3.63) is 70.2 Å². The molecule has 1 amide bonds. The minimum absolute atomic E-state index is 0.137. The third-order valence-electron chi connectivity index (χ3n) is 4.82. The monoisotopic (exact) mass is 489 g/mol. The average molecular weight is 489 g/mol. The van der Waals surface area contributed by atoms with Crippen molar-refractivity contribution in [2.45, 2.75) is 33.2 Å². The van der Waals surface area contributed by atoms with E-state index in [-0.39, 0.29) is 11.8 Å². The molecule has 7 nitrogen and oxygen atoms in total. The third kappa shape index (κ3) is 4.79. The zero-order chi connectivity index (χ0) is 24.6. The Hall–Kier alpha value is -3.73. The Labute approximate surface area is 196 Å². The van der Waals surface area contributed by atoms with Crippen LogP contribution in [-0.2, 0) is 20.5 Å². The zero-order valence-electron chi connectivity index (χ0n) is 18.2. The summed E-state index contributed by atoms with van der Waals surface area (Å²) < 4.78 is 50.3. The number of hydrazone groups is 1. The van der Waals surface area contributed by atoms with Crippen molar-refractivity contribution in [1.82, 2.24) is 9.99 Å². The van der Waals surface area contributed by atoms with Crippen LogP contribution in [0.25, 0.3) is 10.6 Å². The molecule has 1 aliphatic rings. The van der Waals surface area contributed by atoms with Gasteiger partial charge < -0.3 is 9.47 Å². The van der Waals surface area contributed by atoms with Crippen LogP contribution in [0.15, 0.2) is 53.6 Å². The lowest BCUT2D eigenvalue weighted by Gasteiger charge is -2.19. The van der Waals surface area contributed by atoms with Crippen molar-refractivity contribution in [2.75, 3.05) is 0 Å². The molecule has 1 atom stereocenters. The van der Waals surface area contributed by atoms with Gasteiger partial charge in [0.1, 0.15) is 15.6 Å². The minimum Gasteiger partial charge on any atom is -0.445 e. The van der Waals surface area contributed by atoms with Gasteiger partial charge in [0.2, 0.25) is 12.1 Å². The van der Waals surface area contributed by atoms with E-state index in [1.165, 1.54) is 24.9 Å². The van der Waals surface area contributed by atoms with Gasteiger partial charge in [0.15, 0.2) is 0 Å². The first-order valence-corrected chi connectivity index (χ1v) is 10.8. The second-order valence-corrected chi connectivity index (χ2v) is 8.41. The van der Waals surface area contributed by atoms with Gasteiger partial charge in [-0.15, -0.1) is 16.4 Å². The zero-order valence-corrected chi connectivity index (χ0v) is 19.0. The number of amides is 1. The highest BCUT2D eigenvalue weighted by Crippen LogP contribution is 2.37. The van der Waals surface area contributed by atoms with Gasteiger partial charge in [0.05, 0.1) is 11.3 Å². The molecule has 1 aliphatic heterocycles. The minimum atomic E-state index is -4.47. The van der Waals surface area contributed by atoms with Gasteiger partial charge in [0.25, 0.3) is 5.90 Å². The highest BCUT2D eigenvalue weighted by atomic mass is 32.1. The third-order valence-corrected chi connectivity index (χ3v) is 6.02. The normalized spacial score (nSPS) is 15.6. The largest absolute Gasteiger partial charge is 0.445 e. The smallest absolute Gasteiger partial charge is 0.416 e. The summed E-state index contributed by atoms with van der Waals surface area (Å²) in [5.74, 6) is -0.353. The quantitative estimate of drug-likeness (QED) is 0.367. The molecule has 0 spiro atoms. The fourth-order valence-electron chi connectivity index (χ4n) is 3.29. The maximum atomic E-state index is 13.1. The first-order chi connectivity index (χ1) is 16.0. The SMILES string of the molecule is CC(=O)Oc1ccc(C2OC(c3sc(-c4cccc(C(F)(F)F)c4)nc3C)=NN2C(C)=O)cc1. The maximum absolute atomic E-state index is 13.1. The van der Waals surface area contributed by atoms with E-state index in [9.17, 15) is 22.8 Å². The van der Waals surface area contributed by atoms with Crippen molar-refractivity contribution in [3.63, 3.8) is 0 Å². The van der Waals surface area contributed by atoms with Crippen LogP contribution in [0.3, 0.4) is 0 Å². The molecule has 176 valence electrons. The Kier molecular flexibility index (Phi) is 6.13. The van der Waals surface area contributed by atoms with Crippen LogP contribution in [0.2, 0.25) is 0 Å². The van der Waals surface area contributed by atoms with Crippen LogP contribution in [0, 0.1) is 6.92 Å². The molecular formula is C23H18F3N3O4S. The molecule has 0 bridgehead atoms. The van der Waals surface area contributed by atoms with Gasteiger partial charge in [-0.3, -0.25) is 9.59 Å². The molecule has 1 unspecified atom stereocenters. The molecule has 0 fully saturated rings. The number of hydrogen-bond acceptors (Lipinski definition) is 7. The van der Waals surface area contributed by atoms with Crippen LogP contribution in [0.5, 0.6) is 5.75 Å². The molecule has 2 aromatic carbocycles. The molecule has 0 saturated heterocycles. The number of aryl methyl sites for hydroxylation is 1. The summed E-state index contributed by atoms with van der Waals surface area (Å²) in [6.07, 6.45) is -5.33. The molecule has 34 heavy (non-hydrogen) atoms. The van der Waals surface area contributed by atoms with Crippen molar-refractivity contribution in [1.29, 1.82) is 0 Å². The van der Waals surface area contributed by atoms with E-state index in [1.54, 1.807) is 37.3 Å². The van der Waals surface area contributed by atoms with Gasteiger partial charge in [0, 0.05) is 25.0 Å². The number of carbonyl (C=O) groups excluding carboxylic acids is 2. The van der Waals surface area contributed by atoms with Crippen LogP contribution in [0.1, 0.15) is 41.8 Å². The van der Waals surface area contributed by atoms with Gasteiger partial charge in [-0.2, -0.15) is 18.2 Å². The number of ether oxygens (including phenoxy) is 2. The van der Waals surface area contributed by atoms with Crippen molar-refractivity contribution < 1.29 is 32.2 Å². The van der Waals surface area contributed by atoms with Gasteiger partial charge in [-0.25, -0.2) is 4.98 Å². The lowest BCUT2D eigenvalue weighted by Crippen LogP contribution is -2.25. The first-order valence-electron chi connectivity index (χ1n) is 10.0. The van der Waals surface area contributed by atoms with E-state index in [0.29, 0.717) is 32.5 Å². The predicted molar refractivity (Wildman–Crippen MR) is 118 cm³/mol. The number of carbonyl (C=O) groups is 2. The molecule has 0 saturated carbocycles. The number of thiazole rings is 1. The highest BCUT2D eigenvalue weighted by Gasteiger charge is 2.35. The molecule has 4 rings (SSSR count). The lowest BCUT2D eigenvalue weighted by molar-refractivity contribution is -0.137. The van der Waals surface area contributed by atoms with Gasteiger partial charge in [-0.1, -0.05) is 12.1 Å². The van der Waals surface area contributed by atoms with E-state index in [1.807, 2.05) is 0 Å². The number of alkyl halides is 3. The number of halogens is 3. The summed E-state index contributed by atoms with van der Waals surface area (Å²) >= 11 is 1.12. The summed E-state index contributed by atoms with van der Waals surface area (Å²) in [7, 11) is 0. The first kappa shape index (κ1) is 23.4. The number of nitrogens with zero attached hydrogens (tertiary/aromatic N) is 3. The van der Waals surface area contributed by atoms with Crippen molar-refractivity contribution in [3.8, 4) is 16.3 Å². The van der Waals surface area contributed by atoms with Gasteiger partial charge in [-0.05, 0) is 43.3 Å². The number of aromatic nitrogens is 1. The molecule has 3 aromatic rings. The number of esters is 1. The second kappa shape index (κ2) is 8.90. The topological polar surface area (TPSA) is 81.1 Å². The van der Waals surface area contributed by atoms with Crippen molar-refractivity contribution in [2.24, 2.45) is 5.10 Å². The Balaban J connectivity index is 1.63. The second-order valence-electron chi connectivity index (χ2n) is 7.41. The van der Waals surface area contributed by atoms with Crippen molar-refractivity contribution >= 4 is 29.1 Å².